The van der Waals surface area contributed by atoms with Crippen LogP contribution < -0.4 is 16.4 Å². The van der Waals surface area contributed by atoms with E-state index in [0.29, 0.717) is 5.06 Å². The molecule has 0 saturated carbocycles. The number of allylic oxidation sites excluding steroid dienone is 5. The van der Waals surface area contributed by atoms with E-state index in [1.165, 1.54) is 43.2 Å². The summed E-state index contributed by atoms with van der Waals surface area (Å²) in [6, 6.07) is 0.862. The molecule has 3 saturated heterocycles. The van der Waals surface area contributed by atoms with Gasteiger partial charge in [0.2, 0.25) is 5.76 Å². The second-order valence-electron chi connectivity index (χ2n) is 10.3. The molecule has 218 valence electrons. The van der Waals surface area contributed by atoms with Crippen molar-refractivity contribution in [2.24, 2.45) is 16.6 Å². The number of carbonyl (C=O) groups is 1. The lowest BCUT2D eigenvalue weighted by Crippen LogP contribution is -2.80. The Balaban J connectivity index is 1.45. The average Bonchev–Trinajstić information content (AvgIpc) is 3.57. The molecule has 4 aliphatic rings. The summed E-state index contributed by atoms with van der Waals surface area (Å²) in [5, 5.41) is 39.6. The number of guanidine groups is 1. The van der Waals surface area contributed by atoms with Gasteiger partial charge < -0.3 is 40.5 Å². The molecule has 0 radical (unpaired) electrons. The van der Waals surface area contributed by atoms with E-state index in [2.05, 4.69) is 22.2 Å². The number of nitrogens with one attached hydrogen (secondary N) is 2. The maximum atomic E-state index is 13.8. The number of furan rings is 1. The zero-order chi connectivity index (χ0) is 29.2. The molecule has 7 unspecified atom stereocenters. The molecule has 7 N–H and O–H groups in total. The SMILES string of the molecule is C=CC1C=CC(c2ccc(C(=O)OC3CN4C(=NC)NC(CO)C5NC(N)N(O)C54C3(C)O)o2)=C(C(F)(F)F)C1. The number of hydroxylamine groups is 2. The highest BCUT2D eigenvalue weighted by molar-refractivity contribution is 5.88. The van der Waals surface area contributed by atoms with E-state index < -0.39 is 66.0 Å². The van der Waals surface area contributed by atoms with Crippen molar-refractivity contribution >= 4 is 17.5 Å². The van der Waals surface area contributed by atoms with Crippen LogP contribution in [0.15, 0.2) is 51.9 Å². The van der Waals surface area contributed by atoms with Crippen LogP contribution in [0, 0.1) is 5.92 Å². The number of alkyl halides is 3. The number of aliphatic imine (C=N–C) groups is 1. The van der Waals surface area contributed by atoms with Crippen LogP contribution in [0.5, 0.6) is 0 Å². The first-order valence-corrected chi connectivity index (χ1v) is 12.6. The predicted octanol–water partition coefficient (Wildman–Crippen LogP) is 0.501. The van der Waals surface area contributed by atoms with E-state index in [9.17, 15) is 33.4 Å². The van der Waals surface area contributed by atoms with Crippen LogP contribution in [0.3, 0.4) is 0 Å². The fourth-order valence-electron chi connectivity index (χ4n) is 6.19. The summed E-state index contributed by atoms with van der Waals surface area (Å²) in [5.41, 5.74) is 1.33. The quantitative estimate of drug-likeness (QED) is 0.216. The average molecular weight is 569 g/mol. The highest BCUT2D eigenvalue weighted by Gasteiger charge is 2.76. The van der Waals surface area contributed by atoms with Crippen LogP contribution in [-0.4, -0.2) is 99.4 Å². The number of carbonyl (C=O) groups excluding carboxylic acids is 1. The predicted molar refractivity (Wildman–Crippen MR) is 134 cm³/mol. The van der Waals surface area contributed by atoms with E-state index in [1.54, 1.807) is 6.08 Å². The molecule has 4 heterocycles. The molecule has 0 bridgehead atoms. The molecule has 7 atom stereocenters. The van der Waals surface area contributed by atoms with E-state index in [-0.39, 0.29) is 36.0 Å². The van der Waals surface area contributed by atoms with Gasteiger partial charge in [-0.25, -0.2) is 4.79 Å². The Morgan fingerprint density at radius 3 is 2.77 bits per heavy atom. The second kappa shape index (κ2) is 9.71. The van der Waals surface area contributed by atoms with Crippen molar-refractivity contribution in [2.75, 3.05) is 20.2 Å². The molecule has 0 aromatic carbocycles. The van der Waals surface area contributed by atoms with E-state index in [1.807, 2.05) is 0 Å². The first-order chi connectivity index (χ1) is 18.8. The largest absolute Gasteiger partial charge is 0.451 e. The zero-order valence-electron chi connectivity index (χ0n) is 21.7. The van der Waals surface area contributed by atoms with Gasteiger partial charge in [-0.15, -0.1) is 11.6 Å². The Kier molecular flexibility index (Phi) is 6.88. The molecule has 3 fully saturated rings. The lowest BCUT2D eigenvalue weighted by Gasteiger charge is -2.54. The Bertz CT molecular complexity index is 1290. The van der Waals surface area contributed by atoms with Crippen LogP contribution in [0.2, 0.25) is 0 Å². The van der Waals surface area contributed by atoms with E-state index in [0.717, 1.165) is 0 Å². The number of rotatable bonds is 5. The van der Waals surface area contributed by atoms with Gasteiger partial charge in [-0.3, -0.25) is 10.3 Å². The fraction of sp³-hybridized carbons (Fsp3) is 0.520. The number of esters is 1. The van der Waals surface area contributed by atoms with Gasteiger partial charge in [-0.2, -0.15) is 13.2 Å². The highest BCUT2D eigenvalue weighted by Crippen LogP contribution is 2.50. The second-order valence-corrected chi connectivity index (χ2v) is 10.3. The van der Waals surface area contributed by atoms with Crippen molar-refractivity contribution in [3.05, 3.63) is 54.0 Å². The van der Waals surface area contributed by atoms with Crippen molar-refractivity contribution < 1.29 is 42.5 Å². The maximum Gasteiger partial charge on any atom is 0.413 e. The summed E-state index contributed by atoms with van der Waals surface area (Å²) in [4.78, 5) is 18.8. The van der Waals surface area contributed by atoms with Gasteiger partial charge in [-0.05, 0) is 31.4 Å². The van der Waals surface area contributed by atoms with E-state index in [4.69, 9.17) is 14.9 Å². The van der Waals surface area contributed by atoms with Crippen LogP contribution in [-0.2, 0) is 4.74 Å². The molecule has 5 rings (SSSR count). The number of ether oxygens (including phenoxy) is 1. The van der Waals surface area contributed by atoms with Crippen molar-refractivity contribution in [1.29, 1.82) is 0 Å². The summed E-state index contributed by atoms with van der Waals surface area (Å²) in [7, 11) is 1.47. The smallest absolute Gasteiger partial charge is 0.413 e. The number of aliphatic hydroxyl groups excluding tert-OH is 1. The molecule has 1 spiro atoms. The van der Waals surface area contributed by atoms with Crippen molar-refractivity contribution in [2.45, 2.75) is 55.3 Å². The Morgan fingerprint density at radius 2 is 2.15 bits per heavy atom. The maximum absolute atomic E-state index is 13.8. The molecule has 3 aliphatic heterocycles. The Hall–Kier alpha value is -3.21. The van der Waals surface area contributed by atoms with Crippen LogP contribution in [0.4, 0.5) is 13.2 Å². The Labute approximate surface area is 227 Å². The minimum atomic E-state index is -4.62. The third-order valence-electron chi connectivity index (χ3n) is 8.15. The van der Waals surface area contributed by atoms with Gasteiger partial charge in [-0.1, -0.05) is 18.2 Å². The fourth-order valence-corrected chi connectivity index (χ4v) is 6.19. The van der Waals surface area contributed by atoms with Crippen LogP contribution in [0.25, 0.3) is 5.57 Å². The normalized spacial score (nSPS) is 37.0. The molecule has 1 aliphatic carbocycles. The summed E-state index contributed by atoms with van der Waals surface area (Å²) < 4.78 is 52.5. The molecule has 15 heteroatoms. The molecular formula is C25H31F3N6O6. The minimum absolute atomic E-state index is 0.152. The number of aliphatic hydroxyl groups is 2. The number of hydrogen-bond acceptors (Lipinski definition) is 10. The zero-order valence-corrected chi connectivity index (χ0v) is 21.7. The van der Waals surface area contributed by atoms with Gasteiger partial charge in [0, 0.05) is 18.2 Å². The molecule has 12 nitrogen and oxygen atoms in total. The molecule has 1 aromatic rings. The first kappa shape index (κ1) is 28.3. The minimum Gasteiger partial charge on any atom is -0.451 e. The lowest BCUT2D eigenvalue weighted by molar-refractivity contribution is -0.268. The monoisotopic (exact) mass is 568 g/mol. The summed E-state index contributed by atoms with van der Waals surface area (Å²) in [5.74, 6) is -1.88. The first-order valence-electron chi connectivity index (χ1n) is 12.6. The molecular weight excluding hydrogens is 537 g/mol. The summed E-state index contributed by atoms with van der Waals surface area (Å²) in [6.45, 7) is 4.36. The van der Waals surface area contributed by atoms with Gasteiger partial charge in [0.25, 0.3) is 0 Å². The van der Waals surface area contributed by atoms with Gasteiger partial charge >= 0.3 is 12.1 Å². The third kappa shape index (κ3) is 3.99. The van der Waals surface area contributed by atoms with Gasteiger partial charge in [0.1, 0.15) is 17.7 Å². The third-order valence-corrected chi connectivity index (χ3v) is 8.15. The van der Waals surface area contributed by atoms with E-state index >= 15 is 0 Å². The molecule has 0 amide bonds. The highest BCUT2D eigenvalue weighted by atomic mass is 19.4. The van der Waals surface area contributed by atoms with Gasteiger partial charge in [0.15, 0.2) is 17.7 Å². The number of nitrogens with zero attached hydrogens (tertiary/aromatic N) is 3. The number of nitrogens with two attached hydrogens (primary N) is 1. The number of halogens is 3. The standard InChI is InChI=1S/C25H31F3N6O6/c1-4-12-5-6-13(14(9-12)25(26,27)28)16-7-8-17(39-16)20(36)40-18-10-33-22(30-3)31-15(11-35)19-24(33,23(18,2)37)34(38)21(29)32-19/h4-8,12,15,18-19,21,32,35,37-38H,1,9-11,29H2,2-3H3,(H,30,31). The molecule has 1 aromatic heterocycles. The van der Waals surface area contributed by atoms with Crippen molar-refractivity contribution in [3.8, 4) is 0 Å². The van der Waals surface area contributed by atoms with Crippen LogP contribution >= 0.6 is 0 Å². The lowest BCUT2D eigenvalue weighted by atomic mass is 9.79. The van der Waals surface area contributed by atoms with Gasteiger partial charge in [0.05, 0.1) is 25.2 Å². The summed E-state index contributed by atoms with van der Waals surface area (Å²) >= 11 is 0. The van der Waals surface area contributed by atoms with Crippen molar-refractivity contribution in [3.63, 3.8) is 0 Å². The van der Waals surface area contributed by atoms with Crippen molar-refractivity contribution in [1.82, 2.24) is 20.6 Å². The summed E-state index contributed by atoms with van der Waals surface area (Å²) in [6.07, 6.45) is -3.10. The Morgan fingerprint density at radius 1 is 1.43 bits per heavy atom. The molecule has 40 heavy (non-hydrogen) atoms. The van der Waals surface area contributed by atoms with Crippen LogP contribution in [0.1, 0.15) is 29.7 Å². The topological polar surface area (TPSA) is 169 Å². The number of hydrogen-bond donors (Lipinski definition) is 6.